The highest BCUT2D eigenvalue weighted by Crippen LogP contribution is 2.16. The molecule has 170 valence electrons. The van der Waals surface area contributed by atoms with E-state index in [9.17, 15) is 13.2 Å². The van der Waals surface area contributed by atoms with Gasteiger partial charge in [-0.25, -0.2) is 18.1 Å². The number of nitrogens with zero attached hydrogens (tertiary/aromatic N) is 2. The predicted molar refractivity (Wildman–Crippen MR) is 125 cm³/mol. The average Bonchev–Trinajstić information content (AvgIpc) is 3.26. The fourth-order valence-corrected chi connectivity index (χ4v) is 4.05. The lowest BCUT2D eigenvalue weighted by Crippen LogP contribution is -2.23. The summed E-state index contributed by atoms with van der Waals surface area (Å²) in [6.07, 6.45) is 3.88. The molecule has 0 bridgehead atoms. The van der Waals surface area contributed by atoms with Gasteiger partial charge in [0.15, 0.2) is 0 Å². The van der Waals surface area contributed by atoms with Crippen LogP contribution in [0.4, 0.5) is 0 Å². The van der Waals surface area contributed by atoms with Crippen molar-refractivity contribution in [3.05, 3.63) is 95.4 Å². The van der Waals surface area contributed by atoms with Crippen molar-refractivity contribution in [2.24, 2.45) is 0 Å². The zero-order valence-electron chi connectivity index (χ0n) is 18.3. The Morgan fingerprint density at radius 2 is 1.79 bits per heavy atom. The van der Waals surface area contributed by atoms with E-state index < -0.39 is 10.0 Å². The second-order valence-electron chi connectivity index (χ2n) is 7.50. The average molecular weight is 465 g/mol. The molecule has 4 aromatic rings. The minimum absolute atomic E-state index is 0.175. The highest BCUT2D eigenvalue weighted by molar-refractivity contribution is 7.89. The van der Waals surface area contributed by atoms with Crippen molar-refractivity contribution in [2.75, 3.05) is 7.05 Å². The van der Waals surface area contributed by atoms with E-state index in [0.29, 0.717) is 17.9 Å². The van der Waals surface area contributed by atoms with Crippen molar-refractivity contribution in [1.82, 2.24) is 19.4 Å². The van der Waals surface area contributed by atoms with E-state index in [1.165, 1.54) is 19.2 Å². The molecular weight excluding hydrogens is 440 g/mol. The number of carbonyl (C=O) groups is 1. The number of rotatable bonds is 8. The Labute approximate surface area is 192 Å². The minimum atomic E-state index is -3.48. The zero-order valence-corrected chi connectivity index (χ0v) is 19.1. The van der Waals surface area contributed by atoms with Gasteiger partial charge in [0.25, 0.3) is 5.91 Å². The highest BCUT2D eigenvalue weighted by Gasteiger charge is 2.11. The number of pyridine rings is 1. The van der Waals surface area contributed by atoms with Crippen LogP contribution in [-0.4, -0.2) is 30.8 Å². The number of ether oxygens (including phenoxy) is 1. The van der Waals surface area contributed by atoms with E-state index in [0.717, 1.165) is 22.5 Å². The number of sulfonamides is 1. The molecule has 0 unspecified atom stereocenters. The monoisotopic (exact) mass is 464 g/mol. The number of aryl methyl sites for hydroxylation is 1. The van der Waals surface area contributed by atoms with Gasteiger partial charge in [0.2, 0.25) is 10.0 Å². The molecule has 0 aliphatic heterocycles. The van der Waals surface area contributed by atoms with Gasteiger partial charge in [-0.05, 0) is 67.6 Å². The van der Waals surface area contributed by atoms with Crippen molar-refractivity contribution in [2.45, 2.75) is 25.0 Å². The number of nitrogens with one attached hydrogen (secondary N) is 2. The maximum Gasteiger partial charge on any atom is 0.251 e. The number of benzene rings is 2. The van der Waals surface area contributed by atoms with Crippen LogP contribution in [0.3, 0.4) is 0 Å². The molecule has 2 N–H and O–H groups in total. The number of fused-ring (bicyclic) bond motifs is 1. The van der Waals surface area contributed by atoms with Crippen LogP contribution in [-0.2, 0) is 23.2 Å². The molecule has 0 fully saturated rings. The molecule has 0 spiro atoms. The van der Waals surface area contributed by atoms with E-state index in [1.807, 2.05) is 35.9 Å². The molecule has 0 radical (unpaired) electrons. The van der Waals surface area contributed by atoms with E-state index in [-0.39, 0.29) is 17.3 Å². The molecule has 2 heterocycles. The van der Waals surface area contributed by atoms with Gasteiger partial charge in [-0.15, -0.1) is 0 Å². The molecule has 0 atom stereocenters. The first-order chi connectivity index (χ1) is 15.9. The molecule has 0 aliphatic rings. The van der Waals surface area contributed by atoms with Gasteiger partial charge in [0, 0.05) is 24.5 Å². The van der Waals surface area contributed by atoms with Crippen LogP contribution in [0.5, 0.6) is 5.75 Å². The van der Waals surface area contributed by atoms with E-state index in [2.05, 4.69) is 15.0 Å². The summed E-state index contributed by atoms with van der Waals surface area (Å²) in [4.78, 5) is 17.2. The SMILES string of the molecule is CNS(=O)(=O)c1ccc(CNC(=O)c2ccc(OCc3cn4cccc(C)c4n3)cc2)cc1. The summed E-state index contributed by atoms with van der Waals surface area (Å²) in [7, 11) is -2.12. The van der Waals surface area contributed by atoms with Crippen LogP contribution in [0, 0.1) is 6.92 Å². The van der Waals surface area contributed by atoms with Gasteiger partial charge >= 0.3 is 0 Å². The quantitative estimate of drug-likeness (QED) is 0.417. The topological polar surface area (TPSA) is 102 Å². The van der Waals surface area contributed by atoms with Gasteiger partial charge in [-0.3, -0.25) is 4.79 Å². The Balaban J connectivity index is 1.31. The number of carbonyl (C=O) groups excluding carboxylic acids is 1. The third kappa shape index (κ3) is 5.21. The van der Waals surface area contributed by atoms with Crippen molar-refractivity contribution in [3.8, 4) is 5.75 Å². The molecule has 0 saturated heterocycles. The van der Waals surface area contributed by atoms with Gasteiger partial charge < -0.3 is 14.5 Å². The molecule has 33 heavy (non-hydrogen) atoms. The summed E-state index contributed by atoms with van der Waals surface area (Å²) < 4.78 is 33.6. The van der Waals surface area contributed by atoms with Gasteiger partial charge in [-0.1, -0.05) is 18.2 Å². The highest BCUT2D eigenvalue weighted by atomic mass is 32.2. The van der Waals surface area contributed by atoms with Crippen molar-refractivity contribution >= 4 is 21.6 Å². The second kappa shape index (κ2) is 9.43. The Morgan fingerprint density at radius 3 is 2.45 bits per heavy atom. The molecular formula is C24H24N4O4S. The minimum Gasteiger partial charge on any atom is -0.487 e. The molecule has 0 saturated carbocycles. The first-order valence-corrected chi connectivity index (χ1v) is 11.8. The number of hydrogen-bond acceptors (Lipinski definition) is 5. The predicted octanol–water partition coefficient (Wildman–Crippen LogP) is 3.06. The largest absolute Gasteiger partial charge is 0.487 e. The molecule has 2 aromatic heterocycles. The summed E-state index contributed by atoms with van der Waals surface area (Å²) in [5, 5.41) is 2.83. The smallest absolute Gasteiger partial charge is 0.251 e. The van der Waals surface area contributed by atoms with Crippen LogP contribution < -0.4 is 14.8 Å². The van der Waals surface area contributed by atoms with E-state index >= 15 is 0 Å². The van der Waals surface area contributed by atoms with Crippen molar-refractivity contribution in [3.63, 3.8) is 0 Å². The first-order valence-electron chi connectivity index (χ1n) is 10.3. The maximum atomic E-state index is 12.4. The summed E-state index contributed by atoms with van der Waals surface area (Å²) in [6.45, 7) is 2.62. The molecule has 9 heteroatoms. The third-order valence-corrected chi connectivity index (χ3v) is 6.62. The summed E-state index contributed by atoms with van der Waals surface area (Å²) >= 11 is 0. The van der Waals surface area contributed by atoms with Crippen LogP contribution in [0.2, 0.25) is 0 Å². The first kappa shape index (κ1) is 22.5. The van der Waals surface area contributed by atoms with Crippen molar-refractivity contribution < 1.29 is 17.9 Å². The number of hydrogen-bond donors (Lipinski definition) is 2. The Bertz CT molecular complexity index is 1380. The maximum absolute atomic E-state index is 12.4. The van der Waals surface area contributed by atoms with Crippen LogP contribution in [0.15, 0.2) is 78.0 Å². The Kier molecular flexibility index (Phi) is 6.43. The lowest BCUT2D eigenvalue weighted by Gasteiger charge is -2.08. The van der Waals surface area contributed by atoms with Crippen LogP contribution in [0.1, 0.15) is 27.2 Å². The van der Waals surface area contributed by atoms with Crippen LogP contribution >= 0.6 is 0 Å². The van der Waals surface area contributed by atoms with E-state index in [1.54, 1.807) is 36.4 Å². The summed E-state index contributed by atoms with van der Waals surface area (Å²) in [5.74, 6) is 0.408. The number of imidazole rings is 1. The number of amides is 1. The number of aromatic nitrogens is 2. The summed E-state index contributed by atoms with van der Waals surface area (Å²) in [6, 6.07) is 17.2. The van der Waals surface area contributed by atoms with Crippen molar-refractivity contribution in [1.29, 1.82) is 0 Å². The normalized spacial score (nSPS) is 11.5. The second-order valence-corrected chi connectivity index (χ2v) is 9.39. The molecule has 2 aromatic carbocycles. The van der Waals surface area contributed by atoms with Gasteiger partial charge in [0.1, 0.15) is 18.0 Å². The van der Waals surface area contributed by atoms with Crippen LogP contribution in [0.25, 0.3) is 5.65 Å². The molecule has 8 nitrogen and oxygen atoms in total. The zero-order chi connectivity index (χ0) is 23.4. The third-order valence-electron chi connectivity index (χ3n) is 5.19. The summed E-state index contributed by atoms with van der Waals surface area (Å²) in [5.41, 5.74) is 4.11. The lowest BCUT2D eigenvalue weighted by molar-refractivity contribution is 0.0951. The fraction of sp³-hybridized carbons (Fsp3) is 0.167. The Morgan fingerprint density at radius 1 is 1.06 bits per heavy atom. The van der Waals surface area contributed by atoms with Gasteiger partial charge in [0.05, 0.1) is 10.6 Å². The molecule has 1 amide bonds. The lowest BCUT2D eigenvalue weighted by atomic mass is 10.2. The van der Waals surface area contributed by atoms with Gasteiger partial charge in [-0.2, -0.15) is 0 Å². The fourth-order valence-electron chi connectivity index (χ4n) is 3.32. The standard InChI is InChI=1S/C24H24N4O4S/c1-17-4-3-13-28-15-20(27-23(17)28)16-32-21-9-7-19(8-10-21)24(29)26-14-18-5-11-22(12-6-18)33(30,31)25-2/h3-13,15,25H,14,16H2,1-2H3,(H,26,29). The van der Waals surface area contributed by atoms with E-state index in [4.69, 9.17) is 4.74 Å². The Hall–Kier alpha value is -3.69. The molecule has 0 aliphatic carbocycles. The molecule has 4 rings (SSSR count).